The van der Waals surface area contributed by atoms with Crippen LogP contribution in [0.1, 0.15) is 65.2 Å². The molecule has 0 aromatic rings. The predicted molar refractivity (Wildman–Crippen MR) is 57.0 cm³/mol. The first-order valence-electron chi connectivity index (χ1n) is 5.91. The lowest BCUT2D eigenvalue weighted by molar-refractivity contribution is -0.0356. The van der Waals surface area contributed by atoms with Gasteiger partial charge in [0.25, 0.3) is 0 Å². The maximum absolute atomic E-state index is 5.94. The third kappa shape index (κ3) is 4.12. The molecule has 1 atom stereocenters. The summed E-state index contributed by atoms with van der Waals surface area (Å²) in [5.41, 5.74) is 0.214. The van der Waals surface area contributed by atoms with E-state index < -0.39 is 0 Å². The third-order valence-corrected chi connectivity index (χ3v) is 3.11. The molecular formula is C12H24O. The summed E-state index contributed by atoms with van der Waals surface area (Å²) in [6.07, 6.45) is 10.6. The molecule has 0 aliphatic carbocycles. The van der Waals surface area contributed by atoms with Gasteiger partial charge >= 0.3 is 0 Å². The molecule has 0 spiro atoms. The lowest BCUT2D eigenvalue weighted by Crippen LogP contribution is -2.27. The molecule has 1 unspecified atom stereocenters. The van der Waals surface area contributed by atoms with Crippen LogP contribution in [0.3, 0.4) is 0 Å². The SMILES string of the molecule is CCCCCC1(C)CCCCCO1. The van der Waals surface area contributed by atoms with E-state index in [1.165, 1.54) is 51.4 Å². The van der Waals surface area contributed by atoms with Crippen molar-refractivity contribution in [1.82, 2.24) is 0 Å². The van der Waals surface area contributed by atoms with Crippen molar-refractivity contribution in [3.05, 3.63) is 0 Å². The third-order valence-electron chi connectivity index (χ3n) is 3.11. The summed E-state index contributed by atoms with van der Waals surface area (Å²) in [6, 6.07) is 0. The van der Waals surface area contributed by atoms with Crippen molar-refractivity contribution in [3.8, 4) is 0 Å². The fourth-order valence-electron chi connectivity index (χ4n) is 2.11. The van der Waals surface area contributed by atoms with Crippen molar-refractivity contribution in [3.63, 3.8) is 0 Å². The van der Waals surface area contributed by atoms with Gasteiger partial charge in [0.15, 0.2) is 0 Å². The zero-order valence-electron chi connectivity index (χ0n) is 9.27. The van der Waals surface area contributed by atoms with Crippen molar-refractivity contribution >= 4 is 0 Å². The Balaban J connectivity index is 2.25. The summed E-state index contributed by atoms with van der Waals surface area (Å²) >= 11 is 0. The highest BCUT2D eigenvalue weighted by Crippen LogP contribution is 2.28. The molecule has 13 heavy (non-hydrogen) atoms. The number of ether oxygens (including phenoxy) is 1. The van der Waals surface area contributed by atoms with Crippen LogP contribution in [0, 0.1) is 0 Å². The monoisotopic (exact) mass is 184 g/mol. The standard InChI is InChI=1S/C12H24O/c1-3-4-6-9-12(2)10-7-5-8-11-13-12/h3-11H2,1-2H3. The molecule has 0 aromatic heterocycles. The van der Waals surface area contributed by atoms with Crippen LogP contribution in [0.4, 0.5) is 0 Å². The summed E-state index contributed by atoms with van der Waals surface area (Å²) in [5.74, 6) is 0. The Morgan fingerprint density at radius 2 is 2.00 bits per heavy atom. The van der Waals surface area contributed by atoms with Gasteiger partial charge in [-0.05, 0) is 26.2 Å². The van der Waals surface area contributed by atoms with Crippen LogP contribution in [0.2, 0.25) is 0 Å². The molecule has 1 aliphatic rings. The summed E-state index contributed by atoms with van der Waals surface area (Å²) in [6.45, 7) is 5.55. The van der Waals surface area contributed by atoms with Gasteiger partial charge in [-0.1, -0.05) is 39.0 Å². The van der Waals surface area contributed by atoms with E-state index in [4.69, 9.17) is 4.74 Å². The second kappa shape index (κ2) is 5.64. The Labute approximate surface area is 82.9 Å². The van der Waals surface area contributed by atoms with Crippen LogP contribution in [0.25, 0.3) is 0 Å². The fourth-order valence-corrected chi connectivity index (χ4v) is 2.11. The smallest absolute Gasteiger partial charge is 0.0654 e. The second-order valence-electron chi connectivity index (χ2n) is 4.57. The summed E-state index contributed by atoms with van der Waals surface area (Å²) in [7, 11) is 0. The van der Waals surface area contributed by atoms with E-state index in [9.17, 15) is 0 Å². The average molecular weight is 184 g/mol. The first-order chi connectivity index (χ1) is 6.27. The molecule has 1 heterocycles. The van der Waals surface area contributed by atoms with Gasteiger partial charge in [-0.25, -0.2) is 0 Å². The van der Waals surface area contributed by atoms with Crippen LogP contribution in [-0.4, -0.2) is 12.2 Å². The molecule has 0 radical (unpaired) electrons. The minimum atomic E-state index is 0.214. The van der Waals surface area contributed by atoms with Crippen molar-refractivity contribution in [2.24, 2.45) is 0 Å². The van der Waals surface area contributed by atoms with Crippen LogP contribution in [0.5, 0.6) is 0 Å². The molecule has 0 N–H and O–H groups in total. The van der Waals surface area contributed by atoms with E-state index in [0.717, 1.165) is 6.61 Å². The Kier molecular flexibility index (Phi) is 4.79. The topological polar surface area (TPSA) is 9.23 Å². The molecule has 78 valence electrons. The number of rotatable bonds is 4. The number of hydrogen-bond donors (Lipinski definition) is 0. The van der Waals surface area contributed by atoms with E-state index >= 15 is 0 Å². The first-order valence-corrected chi connectivity index (χ1v) is 5.91. The first kappa shape index (κ1) is 11.0. The molecule has 1 aliphatic heterocycles. The van der Waals surface area contributed by atoms with Gasteiger partial charge in [-0.2, -0.15) is 0 Å². The highest BCUT2D eigenvalue weighted by molar-refractivity contribution is 4.77. The van der Waals surface area contributed by atoms with Crippen molar-refractivity contribution in [2.75, 3.05) is 6.61 Å². The van der Waals surface area contributed by atoms with Crippen molar-refractivity contribution in [2.45, 2.75) is 70.8 Å². The van der Waals surface area contributed by atoms with Crippen molar-refractivity contribution in [1.29, 1.82) is 0 Å². The fraction of sp³-hybridized carbons (Fsp3) is 1.00. The lowest BCUT2D eigenvalue weighted by atomic mass is 9.93. The maximum Gasteiger partial charge on any atom is 0.0654 e. The number of hydrogen-bond acceptors (Lipinski definition) is 1. The molecule has 1 saturated heterocycles. The summed E-state index contributed by atoms with van der Waals surface area (Å²) in [4.78, 5) is 0. The summed E-state index contributed by atoms with van der Waals surface area (Å²) in [5, 5.41) is 0. The van der Waals surface area contributed by atoms with Gasteiger partial charge in [-0.15, -0.1) is 0 Å². The largest absolute Gasteiger partial charge is 0.375 e. The highest BCUT2D eigenvalue weighted by Gasteiger charge is 2.25. The summed E-state index contributed by atoms with van der Waals surface area (Å²) < 4.78 is 5.94. The van der Waals surface area contributed by atoms with Crippen LogP contribution in [-0.2, 0) is 4.74 Å². The van der Waals surface area contributed by atoms with Gasteiger partial charge < -0.3 is 4.74 Å². The van der Waals surface area contributed by atoms with E-state index in [0.29, 0.717) is 0 Å². The van der Waals surface area contributed by atoms with E-state index in [-0.39, 0.29) is 5.60 Å². The van der Waals surface area contributed by atoms with E-state index in [1.807, 2.05) is 0 Å². The molecule has 0 amide bonds. The zero-order chi connectivity index (χ0) is 9.57. The Morgan fingerprint density at radius 3 is 2.77 bits per heavy atom. The highest BCUT2D eigenvalue weighted by atomic mass is 16.5. The number of unbranched alkanes of at least 4 members (excludes halogenated alkanes) is 2. The minimum Gasteiger partial charge on any atom is -0.375 e. The molecule has 0 bridgehead atoms. The maximum atomic E-state index is 5.94. The second-order valence-corrected chi connectivity index (χ2v) is 4.57. The van der Waals surface area contributed by atoms with Gasteiger partial charge in [0, 0.05) is 6.61 Å². The molecule has 1 heteroatoms. The normalized spacial score (nSPS) is 30.0. The minimum absolute atomic E-state index is 0.214. The van der Waals surface area contributed by atoms with Crippen LogP contribution < -0.4 is 0 Å². The van der Waals surface area contributed by atoms with E-state index in [2.05, 4.69) is 13.8 Å². The predicted octanol–water partition coefficient (Wildman–Crippen LogP) is 3.92. The molecule has 1 rings (SSSR count). The zero-order valence-corrected chi connectivity index (χ0v) is 9.27. The molecule has 0 aromatic carbocycles. The quantitative estimate of drug-likeness (QED) is 0.602. The van der Waals surface area contributed by atoms with Crippen LogP contribution in [0.15, 0.2) is 0 Å². The Morgan fingerprint density at radius 1 is 1.15 bits per heavy atom. The Hall–Kier alpha value is -0.0400. The van der Waals surface area contributed by atoms with Gasteiger partial charge in [0.05, 0.1) is 5.60 Å². The molecule has 0 saturated carbocycles. The van der Waals surface area contributed by atoms with E-state index in [1.54, 1.807) is 0 Å². The van der Waals surface area contributed by atoms with Gasteiger partial charge in [0.1, 0.15) is 0 Å². The Bertz CT molecular complexity index is 123. The van der Waals surface area contributed by atoms with Gasteiger partial charge in [-0.3, -0.25) is 0 Å². The van der Waals surface area contributed by atoms with Crippen molar-refractivity contribution < 1.29 is 4.74 Å². The van der Waals surface area contributed by atoms with Crippen LogP contribution >= 0.6 is 0 Å². The average Bonchev–Trinajstić information content (AvgIpc) is 2.31. The van der Waals surface area contributed by atoms with Gasteiger partial charge in [0.2, 0.25) is 0 Å². The molecule has 1 fully saturated rings. The molecule has 1 nitrogen and oxygen atoms in total. The molecular weight excluding hydrogens is 160 g/mol. The lowest BCUT2D eigenvalue weighted by Gasteiger charge is -2.28.